The maximum atomic E-state index is 8.93. The zero-order valence-corrected chi connectivity index (χ0v) is 16.3. The Labute approximate surface area is 155 Å². The van der Waals surface area contributed by atoms with Gasteiger partial charge in [0, 0.05) is 0 Å². The van der Waals surface area contributed by atoms with Gasteiger partial charge < -0.3 is 8.84 Å². The molecule has 0 saturated heterocycles. The fourth-order valence-electron chi connectivity index (χ4n) is 3.37. The molecular weight excluding hydrogens is 340 g/mol. The van der Waals surface area contributed by atoms with Crippen molar-refractivity contribution in [3.8, 4) is 6.07 Å². The van der Waals surface area contributed by atoms with Crippen LogP contribution in [0, 0.1) is 11.3 Å². The van der Waals surface area contributed by atoms with Crippen LogP contribution in [-0.4, -0.2) is 13.3 Å². The van der Waals surface area contributed by atoms with Gasteiger partial charge in [0.15, 0.2) is 6.07 Å². The highest BCUT2D eigenvalue weighted by molar-refractivity contribution is 6.99. The van der Waals surface area contributed by atoms with Crippen LogP contribution >= 0.6 is 0 Å². The molecule has 1 aromatic heterocycles. The van der Waals surface area contributed by atoms with Gasteiger partial charge in [-0.1, -0.05) is 81.4 Å². The van der Waals surface area contributed by atoms with Gasteiger partial charge in [0.05, 0.1) is 12.8 Å². The molecule has 3 aromatic rings. The number of nitrogens with zero attached hydrogens (tertiary/aromatic N) is 2. The third-order valence-corrected chi connectivity index (χ3v) is 9.48. The predicted octanol–water partition coefficient (Wildman–Crippen LogP) is 3.62. The maximum absolute atomic E-state index is 8.93. The van der Waals surface area contributed by atoms with E-state index in [0.717, 1.165) is 0 Å². The number of rotatable bonds is 5. The lowest BCUT2D eigenvalue weighted by Gasteiger charge is -2.42. The Bertz CT molecular complexity index is 854. The second-order valence-electron chi connectivity index (χ2n) is 7.20. The normalized spacial score (nSPS) is 11.9. The third kappa shape index (κ3) is 3.34. The van der Waals surface area contributed by atoms with Crippen molar-refractivity contribution in [2.24, 2.45) is 0 Å². The first-order chi connectivity index (χ1) is 12.5. The zero-order valence-electron chi connectivity index (χ0n) is 15.3. The van der Waals surface area contributed by atoms with E-state index in [2.05, 4.69) is 74.3 Å². The molecule has 1 heterocycles. The maximum Gasteiger partial charge on any atom is 0.300 e. The van der Waals surface area contributed by atoms with Gasteiger partial charge in [-0.2, -0.15) is 5.26 Å². The van der Waals surface area contributed by atoms with Crippen molar-refractivity contribution in [3.63, 3.8) is 0 Å². The molecule has 0 fully saturated rings. The van der Waals surface area contributed by atoms with E-state index in [4.69, 9.17) is 14.1 Å². The summed E-state index contributed by atoms with van der Waals surface area (Å²) in [5, 5.41) is 11.2. The third-order valence-electron chi connectivity index (χ3n) is 4.50. The minimum absolute atomic E-state index is 0.0612. The van der Waals surface area contributed by atoms with Crippen LogP contribution in [0.5, 0.6) is 0 Å². The summed E-state index contributed by atoms with van der Waals surface area (Å²) in [5.41, 5.74) is 0. The first kappa shape index (κ1) is 18.1. The fraction of sp³-hybridized carbons (Fsp3) is 0.238. The minimum Gasteiger partial charge on any atom is -0.431 e. The minimum atomic E-state index is -2.60. The van der Waals surface area contributed by atoms with Gasteiger partial charge in [-0.25, -0.2) is 4.98 Å². The van der Waals surface area contributed by atoms with E-state index < -0.39 is 8.32 Å². The van der Waals surface area contributed by atoms with Crippen molar-refractivity contribution < 1.29 is 8.84 Å². The van der Waals surface area contributed by atoms with Crippen molar-refractivity contribution in [1.82, 2.24) is 4.98 Å². The summed E-state index contributed by atoms with van der Waals surface area (Å²) in [4.78, 5) is 3.95. The summed E-state index contributed by atoms with van der Waals surface area (Å²) in [6.45, 7) is 6.95. The average Bonchev–Trinajstić information content (AvgIpc) is 3.11. The van der Waals surface area contributed by atoms with E-state index in [1.807, 2.05) is 18.2 Å². The van der Waals surface area contributed by atoms with Gasteiger partial charge in [0.2, 0.25) is 0 Å². The van der Waals surface area contributed by atoms with Crippen molar-refractivity contribution >= 4 is 18.7 Å². The van der Waals surface area contributed by atoms with Crippen LogP contribution in [0.15, 0.2) is 71.3 Å². The molecule has 0 amide bonds. The van der Waals surface area contributed by atoms with E-state index >= 15 is 0 Å². The van der Waals surface area contributed by atoms with Gasteiger partial charge in [-0.15, -0.1) is 0 Å². The van der Waals surface area contributed by atoms with E-state index in [1.165, 1.54) is 10.4 Å². The molecule has 3 rings (SSSR count). The molecule has 0 aliphatic heterocycles. The van der Waals surface area contributed by atoms with Crippen molar-refractivity contribution in [3.05, 3.63) is 78.5 Å². The second-order valence-corrected chi connectivity index (χ2v) is 11.5. The lowest BCUT2D eigenvalue weighted by Crippen LogP contribution is -2.66. The number of benzene rings is 2. The highest BCUT2D eigenvalue weighted by Gasteiger charge is 2.50. The van der Waals surface area contributed by atoms with Crippen LogP contribution in [0.4, 0.5) is 0 Å². The second kappa shape index (κ2) is 7.28. The number of hydrogen-bond donors (Lipinski definition) is 0. The summed E-state index contributed by atoms with van der Waals surface area (Å²) < 4.78 is 12.1. The van der Waals surface area contributed by atoms with E-state index in [-0.39, 0.29) is 17.5 Å². The first-order valence-electron chi connectivity index (χ1n) is 8.57. The Morgan fingerprint density at radius 3 is 1.96 bits per heavy atom. The molecular formula is C21H22N2O2Si. The summed E-state index contributed by atoms with van der Waals surface area (Å²) in [5.74, 6) is 0.626. The predicted molar refractivity (Wildman–Crippen MR) is 104 cm³/mol. The van der Waals surface area contributed by atoms with Crippen LogP contribution in [0.3, 0.4) is 0 Å². The van der Waals surface area contributed by atoms with Gasteiger partial charge >= 0.3 is 5.89 Å². The Morgan fingerprint density at radius 1 is 1.00 bits per heavy atom. The van der Waals surface area contributed by atoms with Gasteiger partial charge in [0.1, 0.15) is 5.76 Å². The van der Waals surface area contributed by atoms with Crippen LogP contribution in [0.2, 0.25) is 5.04 Å². The summed E-state index contributed by atoms with van der Waals surface area (Å²) in [6.07, 6.45) is 1.57. The molecule has 26 heavy (non-hydrogen) atoms. The molecule has 0 unspecified atom stereocenters. The number of hydrogen-bond acceptors (Lipinski definition) is 4. The van der Waals surface area contributed by atoms with Gasteiger partial charge in [-0.3, -0.25) is 0 Å². The Hall–Kier alpha value is -2.68. The number of oxazole rings is 1. The Morgan fingerprint density at radius 2 is 1.54 bits per heavy atom. The van der Waals surface area contributed by atoms with E-state index in [1.54, 1.807) is 6.20 Å². The molecule has 0 atom stereocenters. The lowest BCUT2D eigenvalue weighted by atomic mass is 10.2. The summed E-state index contributed by atoms with van der Waals surface area (Å²) in [7, 11) is -2.60. The van der Waals surface area contributed by atoms with Crippen molar-refractivity contribution in [1.29, 1.82) is 5.26 Å². The summed E-state index contributed by atoms with van der Waals surface area (Å²) in [6, 6.07) is 22.7. The van der Waals surface area contributed by atoms with E-state index in [9.17, 15) is 0 Å². The molecule has 0 saturated carbocycles. The average molecular weight is 363 g/mol. The molecule has 0 radical (unpaired) electrons. The SMILES string of the molecule is CC(C)(C)[Si](OCc1cnc(C#N)o1)(c1ccccc1)c1ccccc1. The van der Waals surface area contributed by atoms with Crippen molar-refractivity contribution in [2.45, 2.75) is 32.4 Å². The Balaban J connectivity index is 2.09. The highest BCUT2D eigenvalue weighted by Crippen LogP contribution is 2.37. The molecule has 132 valence electrons. The van der Waals surface area contributed by atoms with E-state index in [0.29, 0.717) is 5.76 Å². The molecule has 0 spiro atoms. The summed E-state index contributed by atoms with van der Waals surface area (Å²) >= 11 is 0. The smallest absolute Gasteiger partial charge is 0.300 e. The van der Waals surface area contributed by atoms with Gasteiger partial charge in [-0.05, 0) is 15.4 Å². The molecule has 0 aliphatic rings. The first-order valence-corrected chi connectivity index (χ1v) is 10.5. The topological polar surface area (TPSA) is 59.0 Å². The molecule has 4 nitrogen and oxygen atoms in total. The molecule has 0 N–H and O–H groups in total. The van der Waals surface area contributed by atoms with Crippen molar-refractivity contribution in [2.75, 3.05) is 0 Å². The molecule has 0 bridgehead atoms. The monoisotopic (exact) mass is 362 g/mol. The molecule has 2 aromatic carbocycles. The largest absolute Gasteiger partial charge is 0.431 e. The van der Waals surface area contributed by atoms with Crippen LogP contribution < -0.4 is 10.4 Å². The van der Waals surface area contributed by atoms with Gasteiger partial charge in [0.25, 0.3) is 8.32 Å². The van der Waals surface area contributed by atoms with Crippen LogP contribution in [0.1, 0.15) is 32.4 Å². The molecule has 5 heteroatoms. The quantitative estimate of drug-likeness (QED) is 0.651. The standard InChI is InChI=1S/C21H22N2O2Si/c1-21(2,3)26(18-10-6-4-7-11-18,19-12-8-5-9-13-19)24-16-17-15-23-20(14-22)25-17/h4-13,15H,16H2,1-3H3. The fourth-order valence-corrected chi connectivity index (χ4v) is 7.88. The Kier molecular flexibility index (Phi) is 5.07. The lowest BCUT2D eigenvalue weighted by molar-refractivity contribution is 0.253. The molecule has 0 aliphatic carbocycles. The van der Waals surface area contributed by atoms with Crippen LogP contribution in [-0.2, 0) is 11.0 Å². The number of nitriles is 1. The zero-order chi connectivity index (χ0) is 18.6. The highest BCUT2D eigenvalue weighted by atomic mass is 28.4. The number of aromatic nitrogens is 1. The van der Waals surface area contributed by atoms with Crippen LogP contribution in [0.25, 0.3) is 0 Å².